The Morgan fingerprint density at radius 3 is 2.85 bits per heavy atom. The monoisotopic (exact) mass is 369 g/mol. The molecular formula is C20H27N5O2. The van der Waals surface area contributed by atoms with Crippen molar-refractivity contribution in [3.63, 3.8) is 0 Å². The molecule has 0 atom stereocenters. The summed E-state index contributed by atoms with van der Waals surface area (Å²) in [5, 5.41) is 10.3. The maximum atomic E-state index is 12.8. The molecule has 1 aromatic heterocycles. The Morgan fingerprint density at radius 2 is 2.11 bits per heavy atom. The zero-order valence-corrected chi connectivity index (χ0v) is 16.0. The van der Waals surface area contributed by atoms with Gasteiger partial charge in [0.05, 0.1) is 24.6 Å². The number of carbonyl (C=O) groups is 1. The average molecular weight is 369 g/mol. The predicted octanol–water partition coefficient (Wildman–Crippen LogP) is 2.60. The Labute approximate surface area is 159 Å². The van der Waals surface area contributed by atoms with Crippen molar-refractivity contribution < 1.29 is 9.53 Å². The summed E-state index contributed by atoms with van der Waals surface area (Å²) >= 11 is 0. The minimum absolute atomic E-state index is 0.210. The van der Waals surface area contributed by atoms with Crippen LogP contribution in [0.15, 0.2) is 18.2 Å². The van der Waals surface area contributed by atoms with Crippen molar-refractivity contribution in [2.75, 3.05) is 42.3 Å². The summed E-state index contributed by atoms with van der Waals surface area (Å²) in [6.45, 7) is 7.63. The van der Waals surface area contributed by atoms with Crippen LogP contribution in [0.25, 0.3) is 0 Å². The summed E-state index contributed by atoms with van der Waals surface area (Å²) in [5.41, 5.74) is 11.3. The van der Waals surface area contributed by atoms with Crippen LogP contribution in [0.4, 0.5) is 17.1 Å². The molecule has 1 amide bonds. The summed E-state index contributed by atoms with van der Waals surface area (Å²) in [6, 6.07) is 5.75. The quantitative estimate of drug-likeness (QED) is 0.723. The van der Waals surface area contributed by atoms with Crippen LogP contribution in [0.3, 0.4) is 0 Å². The van der Waals surface area contributed by atoms with Gasteiger partial charge in [-0.2, -0.15) is 5.10 Å². The summed E-state index contributed by atoms with van der Waals surface area (Å²) in [7, 11) is 0. The van der Waals surface area contributed by atoms with Gasteiger partial charge in [-0.15, -0.1) is 0 Å². The Bertz CT molecular complexity index is 852. The van der Waals surface area contributed by atoms with Gasteiger partial charge in [-0.05, 0) is 42.9 Å². The molecule has 1 aromatic carbocycles. The maximum absolute atomic E-state index is 12.8. The number of hydrogen-bond acceptors (Lipinski definition) is 5. The van der Waals surface area contributed by atoms with Crippen molar-refractivity contribution in [3.8, 4) is 0 Å². The number of H-pyrrole nitrogens is 1. The SMILES string of the molecule is CC1(C)CCc2c(C(=O)Nc3ccc(N4CCOCC4)cc3N)n[nH]c2C1. The third-order valence-corrected chi connectivity index (χ3v) is 5.53. The highest BCUT2D eigenvalue weighted by atomic mass is 16.5. The number of benzene rings is 1. The number of hydrogen-bond donors (Lipinski definition) is 3. The van der Waals surface area contributed by atoms with Crippen LogP contribution in [0.5, 0.6) is 0 Å². The number of carbonyl (C=O) groups excluding carboxylic acids is 1. The van der Waals surface area contributed by atoms with E-state index in [-0.39, 0.29) is 11.3 Å². The molecule has 0 bridgehead atoms. The third kappa shape index (κ3) is 3.64. The number of anilines is 3. The van der Waals surface area contributed by atoms with Crippen molar-refractivity contribution in [1.82, 2.24) is 10.2 Å². The molecule has 4 N–H and O–H groups in total. The highest BCUT2D eigenvalue weighted by Crippen LogP contribution is 2.35. The Balaban J connectivity index is 1.50. The first kappa shape index (κ1) is 17.9. The molecule has 4 rings (SSSR count). The number of fused-ring (bicyclic) bond motifs is 1. The van der Waals surface area contributed by atoms with Gasteiger partial charge < -0.3 is 20.7 Å². The fourth-order valence-corrected chi connectivity index (χ4v) is 3.90. The number of morpholine rings is 1. The van der Waals surface area contributed by atoms with Crippen molar-refractivity contribution in [2.24, 2.45) is 5.41 Å². The second-order valence-electron chi connectivity index (χ2n) is 8.20. The number of aromatic nitrogens is 2. The van der Waals surface area contributed by atoms with Crippen LogP contribution >= 0.6 is 0 Å². The molecule has 27 heavy (non-hydrogen) atoms. The van der Waals surface area contributed by atoms with Crippen LogP contribution in [0.2, 0.25) is 0 Å². The molecular weight excluding hydrogens is 342 g/mol. The van der Waals surface area contributed by atoms with Gasteiger partial charge in [0.15, 0.2) is 5.69 Å². The van der Waals surface area contributed by atoms with E-state index in [1.165, 1.54) is 0 Å². The molecule has 1 fully saturated rings. The number of nitrogen functional groups attached to an aromatic ring is 1. The fraction of sp³-hybridized carbons (Fsp3) is 0.500. The van der Waals surface area contributed by atoms with Gasteiger partial charge in [0, 0.05) is 30.0 Å². The van der Waals surface area contributed by atoms with Gasteiger partial charge in [-0.1, -0.05) is 13.8 Å². The second-order valence-corrected chi connectivity index (χ2v) is 8.20. The van der Waals surface area contributed by atoms with Crippen molar-refractivity contribution >= 4 is 23.0 Å². The van der Waals surface area contributed by atoms with Crippen LogP contribution in [-0.4, -0.2) is 42.4 Å². The Kier molecular flexibility index (Phi) is 4.55. The molecule has 0 radical (unpaired) electrons. The summed E-state index contributed by atoms with van der Waals surface area (Å²) in [4.78, 5) is 15.0. The van der Waals surface area contributed by atoms with Crippen LogP contribution < -0.4 is 16.0 Å². The van der Waals surface area contributed by atoms with Crippen molar-refractivity contribution in [3.05, 3.63) is 35.2 Å². The standard InChI is InChI=1S/C20H27N5O2/c1-20(2)6-5-14-17(12-20)23-24-18(14)19(26)22-16-4-3-13(11-15(16)21)25-7-9-27-10-8-25/h3-4,11H,5-10,12,21H2,1-2H3,(H,22,26)(H,23,24). The van der Waals surface area contributed by atoms with E-state index in [4.69, 9.17) is 10.5 Å². The second kappa shape index (κ2) is 6.88. The molecule has 7 heteroatoms. The number of nitrogens with one attached hydrogen (secondary N) is 2. The molecule has 1 aliphatic heterocycles. The number of rotatable bonds is 3. The van der Waals surface area contributed by atoms with Gasteiger partial charge in [-0.25, -0.2) is 0 Å². The topological polar surface area (TPSA) is 96.3 Å². The van der Waals surface area contributed by atoms with E-state index in [1.54, 1.807) is 0 Å². The summed E-state index contributed by atoms with van der Waals surface area (Å²) in [6.07, 6.45) is 2.84. The van der Waals surface area contributed by atoms with Gasteiger partial charge in [0.1, 0.15) is 0 Å². The molecule has 7 nitrogen and oxygen atoms in total. The third-order valence-electron chi connectivity index (χ3n) is 5.53. The van der Waals surface area contributed by atoms with Crippen LogP contribution in [0, 0.1) is 5.41 Å². The number of aromatic amines is 1. The Morgan fingerprint density at radius 1 is 1.33 bits per heavy atom. The maximum Gasteiger partial charge on any atom is 0.276 e. The molecule has 0 spiro atoms. The summed E-state index contributed by atoms with van der Waals surface area (Å²) < 4.78 is 5.39. The van der Waals surface area contributed by atoms with E-state index in [0.717, 1.165) is 62.5 Å². The number of nitrogens with two attached hydrogens (primary N) is 1. The van der Waals surface area contributed by atoms with E-state index in [9.17, 15) is 4.79 Å². The Hall–Kier alpha value is -2.54. The first-order valence-electron chi connectivity index (χ1n) is 9.53. The molecule has 0 unspecified atom stereocenters. The minimum Gasteiger partial charge on any atom is -0.397 e. The zero-order chi connectivity index (χ0) is 19.0. The molecule has 2 aromatic rings. The van der Waals surface area contributed by atoms with E-state index in [0.29, 0.717) is 17.1 Å². The molecule has 2 aliphatic rings. The largest absolute Gasteiger partial charge is 0.397 e. The number of amides is 1. The molecule has 0 saturated carbocycles. The lowest BCUT2D eigenvalue weighted by Crippen LogP contribution is -2.36. The van der Waals surface area contributed by atoms with Gasteiger partial charge in [-0.3, -0.25) is 9.89 Å². The highest BCUT2D eigenvalue weighted by Gasteiger charge is 2.30. The molecule has 2 heterocycles. The number of nitrogens with zero attached hydrogens (tertiary/aromatic N) is 2. The first-order chi connectivity index (χ1) is 12.9. The molecule has 1 saturated heterocycles. The zero-order valence-electron chi connectivity index (χ0n) is 16.0. The lowest BCUT2D eigenvalue weighted by atomic mass is 9.76. The van der Waals surface area contributed by atoms with Gasteiger partial charge in [0.25, 0.3) is 5.91 Å². The normalized spacial score (nSPS) is 18.8. The van der Waals surface area contributed by atoms with E-state index in [2.05, 4.69) is 34.3 Å². The van der Waals surface area contributed by atoms with Crippen LogP contribution in [-0.2, 0) is 17.6 Å². The van der Waals surface area contributed by atoms with Gasteiger partial charge >= 0.3 is 0 Å². The molecule has 144 valence electrons. The van der Waals surface area contributed by atoms with E-state index < -0.39 is 0 Å². The van der Waals surface area contributed by atoms with Crippen molar-refractivity contribution in [2.45, 2.75) is 33.1 Å². The smallest absolute Gasteiger partial charge is 0.276 e. The van der Waals surface area contributed by atoms with E-state index >= 15 is 0 Å². The predicted molar refractivity (Wildman–Crippen MR) is 106 cm³/mol. The number of ether oxygens (including phenoxy) is 1. The van der Waals surface area contributed by atoms with Crippen molar-refractivity contribution in [1.29, 1.82) is 0 Å². The molecule has 1 aliphatic carbocycles. The minimum atomic E-state index is -0.210. The highest BCUT2D eigenvalue weighted by molar-refractivity contribution is 6.05. The fourth-order valence-electron chi connectivity index (χ4n) is 3.90. The summed E-state index contributed by atoms with van der Waals surface area (Å²) in [5.74, 6) is -0.210. The van der Waals surface area contributed by atoms with E-state index in [1.807, 2.05) is 18.2 Å². The average Bonchev–Trinajstić information content (AvgIpc) is 3.06. The van der Waals surface area contributed by atoms with Gasteiger partial charge in [0.2, 0.25) is 0 Å². The lowest BCUT2D eigenvalue weighted by Gasteiger charge is -2.29. The first-order valence-corrected chi connectivity index (χ1v) is 9.53. The lowest BCUT2D eigenvalue weighted by molar-refractivity contribution is 0.102. The van der Waals surface area contributed by atoms with Crippen LogP contribution in [0.1, 0.15) is 42.0 Å².